The highest BCUT2D eigenvalue weighted by atomic mass is 32.1. The Morgan fingerprint density at radius 1 is 1.32 bits per heavy atom. The fourth-order valence-electron chi connectivity index (χ4n) is 1.62. The van der Waals surface area contributed by atoms with Crippen LogP contribution < -0.4 is 11.1 Å². The predicted octanol–water partition coefficient (Wildman–Crippen LogP) is 2.21. The first-order valence-electron chi connectivity index (χ1n) is 5.51. The number of aromatic carboxylic acids is 1. The molecule has 6 heteroatoms. The molecule has 1 heterocycles. The average Bonchev–Trinajstić information content (AvgIpc) is 2.81. The van der Waals surface area contributed by atoms with Crippen LogP contribution in [0.1, 0.15) is 15.2 Å². The topological polar surface area (TPSA) is 92.4 Å². The van der Waals surface area contributed by atoms with Gasteiger partial charge in [0.25, 0.3) is 0 Å². The molecule has 0 unspecified atom stereocenters. The van der Waals surface area contributed by atoms with Crippen LogP contribution in [0, 0.1) is 0 Å². The Balaban J connectivity index is 2.16. The highest BCUT2D eigenvalue weighted by molar-refractivity contribution is 7.10. The second kappa shape index (κ2) is 5.53. The summed E-state index contributed by atoms with van der Waals surface area (Å²) in [5, 5.41) is 13.5. The Hall–Kier alpha value is -2.34. The van der Waals surface area contributed by atoms with Crippen LogP contribution in [0.25, 0.3) is 0 Å². The number of nitrogens with two attached hydrogens (primary N) is 1. The van der Waals surface area contributed by atoms with Crippen molar-refractivity contribution >= 4 is 34.6 Å². The molecular formula is C13H12N2O3S. The third-order valence-corrected chi connectivity index (χ3v) is 3.34. The van der Waals surface area contributed by atoms with E-state index in [0.29, 0.717) is 5.69 Å². The summed E-state index contributed by atoms with van der Waals surface area (Å²) in [6.07, 6.45) is 0.214. The maximum absolute atomic E-state index is 11.8. The summed E-state index contributed by atoms with van der Waals surface area (Å²) in [5.74, 6) is -1.37. The van der Waals surface area contributed by atoms with Crippen LogP contribution in [0.4, 0.5) is 11.4 Å². The van der Waals surface area contributed by atoms with E-state index < -0.39 is 5.97 Å². The zero-order valence-corrected chi connectivity index (χ0v) is 10.7. The summed E-state index contributed by atoms with van der Waals surface area (Å²) < 4.78 is 0. The number of hydrogen-bond acceptors (Lipinski definition) is 4. The molecule has 1 aromatic carbocycles. The maximum Gasteiger partial charge on any atom is 0.337 e. The number of rotatable bonds is 4. The lowest BCUT2D eigenvalue weighted by atomic mass is 10.1. The smallest absolute Gasteiger partial charge is 0.337 e. The largest absolute Gasteiger partial charge is 0.478 e. The van der Waals surface area contributed by atoms with Gasteiger partial charge in [-0.15, -0.1) is 11.3 Å². The Bertz CT molecular complexity index is 608. The van der Waals surface area contributed by atoms with Gasteiger partial charge in [-0.25, -0.2) is 4.79 Å². The number of carboxylic acids is 1. The lowest BCUT2D eigenvalue weighted by molar-refractivity contribution is -0.115. The minimum absolute atomic E-state index is 0.0220. The third kappa shape index (κ3) is 3.32. The standard InChI is InChI=1S/C13H12N2O3S/c14-8-3-4-10(13(17)18)11(6-8)15-12(16)7-9-2-1-5-19-9/h1-6H,7,14H2,(H,15,16)(H,17,18). The number of carbonyl (C=O) groups is 2. The van der Waals surface area contributed by atoms with Gasteiger partial charge in [0.15, 0.2) is 0 Å². The highest BCUT2D eigenvalue weighted by Gasteiger charge is 2.13. The van der Waals surface area contributed by atoms with E-state index in [9.17, 15) is 9.59 Å². The first-order chi connectivity index (χ1) is 9.06. The van der Waals surface area contributed by atoms with E-state index >= 15 is 0 Å². The summed E-state index contributed by atoms with van der Waals surface area (Å²) in [6, 6.07) is 8.00. The minimum Gasteiger partial charge on any atom is -0.478 e. The lowest BCUT2D eigenvalue weighted by Crippen LogP contribution is -2.16. The van der Waals surface area contributed by atoms with Gasteiger partial charge in [0.05, 0.1) is 17.7 Å². The van der Waals surface area contributed by atoms with Crippen LogP contribution in [0.2, 0.25) is 0 Å². The van der Waals surface area contributed by atoms with Crippen molar-refractivity contribution in [3.05, 3.63) is 46.2 Å². The molecule has 0 aliphatic rings. The fourth-order valence-corrected chi connectivity index (χ4v) is 2.32. The molecule has 0 aliphatic heterocycles. The van der Waals surface area contributed by atoms with Gasteiger partial charge < -0.3 is 16.2 Å². The van der Waals surface area contributed by atoms with E-state index in [2.05, 4.69) is 5.32 Å². The zero-order valence-electron chi connectivity index (χ0n) is 9.92. The van der Waals surface area contributed by atoms with E-state index in [1.807, 2.05) is 17.5 Å². The van der Waals surface area contributed by atoms with Gasteiger partial charge in [-0.05, 0) is 29.6 Å². The van der Waals surface area contributed by atoms with E-state index in [1.165, 1.54) is 29.5 Å². The van der Waals surface area contributed by atoms with Crippen molar-refractivity contribution < 1.29 is 14.7 Å². The number of thiophene rings is 1. The second-order valence-electron chi connectivity index (χ2n) is 3.91. The molecule has 5 nitrogen and oxygen atoms in total. The van der Waals surface area contributed by atoms with Gasteiger partial charge in [-0.3, -0.25) is 4.79 Å². The monoisotopic (exact) mass is 276 g/mol. The molecule has 0 saturated carbocycles. The van der Waals surface area contributed by atoms with Crippen LogP contribution >= 0.6 is 11.3 Å². The number of carbonyl (C=O) groups excluding carboxylic acids is 1. The summed E-state index contributed by atoms with van der Waals surface area (Å²) in [4.78, 5) is 23.8. The number of anilines is 2. The summed E-state index contributed by atoms with van der Waals surface area (Å²) in [6.45, 7) is 0. The van der Waals surface area contributed by atoms with Gasteiger partial charge in [-0.1, -0.05) is 6.07 Å². The number of amides is 1. The predicted molar refractivity (Wildman–Crippen MR) is 74.5 cm³/mol. The number of nitrogens with one attached hydrogen (secondary N) is 1. The number of hydrogen-bond donors (Lipinski definition) is 3. The Morgan fingerprint density at radius 2 is 2.11 bits per heavy atom. The van der Waals surface area contributed by atoms with Crippen LogP contribution in [0.5, 0.6) is 0 Å². The molecule has 0 fully saturated rings. The number of carboxylic acid groups (broad SMARTS) is 1. The normalized spacial score (nSPS) is 10.1. The first-order valence-corrected chi connectivity index (χ1v) is 6.39. The fraction of sp³-hybridized carbons (Fsp3) is 0.0769. The van der Waals surface area contributed by atoms with Gasteiger partial charge >= 0.3 is 5.97 Å². The first kappa shape index (κ1) is 13.1. The number of nitrogen functional groups attached to an aromatic ring is 1. The minimum atomic E-state index is -1.11. The van der Waals surface area contributed by atoms with Crippen molar-refractivity contribution in [2.45, 2.75) is 6.42 Å². The SMILES string of the molecule is Nc1ccc(C(=O)O)c(NC(=O)Cc2cccs2)c1. The Kier molecular flexibility index (Phi) is 3.82. The van der Waals surface area contributed by atoms with Crippen LogP contribution in [-0.4, -0.2) is 17.0 Å². The molecule has 2 rings (SSSR count). The molecule has 19 heavy (non-hydrogen) atoms. The lowest BCUT2D eigenvalue weighted by Gasteiger charge is -2.08. The van der Waals surface area contributed by atoms with E-state index in [0.717, 1.165) is 4.88 Å². The summed E-state index contributed by atoms with van der Waals surface area (Å²) in [7, 11) is 0. The van der Waals surface area contributed by atoms with E-state index in [1.54, 1.807) is 0 Å². The molecule has 2 aromatic rings. The highest BCUT2D eigenvalue weighted by Crippen LogP contribution is 2.20. The molecule has 0 saturated heterocycles. The molecule has 0 atom stereocenters. The summed E-state index contributed by atoms with van der Waals surface area (Å²) in [5.41, 5.74) is 6.24. The van der Waals surface area contributed by atoms with Crippen LogP contribution in [0.15, 0.2) is 35.7 Å². The van der Waals surface area contributed by atoms with Gasteiger partial charge in [0.2, 0.25) is 5.91 Å². The van der Waals surface area contributed by atoms with Crippen molar-refractivity contribution in [1.29, 1.82) is 0 Å². The molecule has 0 bridgehead atoms. The van der Waals surface area contributed by atoms with Crippen molar-refractivity contribution in [3.63, 3.8) is 0 Å². The quantitative estimate of drug-likeness (QED) is 0.746. The van der Waals surface area contributed by atoms with Crippen molar-refractivity contribution in [1.82, 2.24) is 0 Å². The molecule has 1 aromatic heterocycles. The zero-order chi connectivity index (χ0) is 13.8. The molecule has 98 valence electrons. The molecule has 4 N–H and O–H groups in total. The van der Waals surface area contributed by atoms with Crippen molar-refractivity contribution in [3.8, 4) is 0 Å². The number of benzene rings is 1. The molecule has 0 aliphatic carbocycles. The molecule has 0 spiro atoms. The van der Waals surface area contributed by atoms with E-state index in [4.69, 9.17) is 10.8 Å². The Morgan fingerprint density at radius 3 is 2.74 bits per heavy atom. The van der Waals surface area contributed by atoms with Crippen LogP contribution in [0.3, 0.4) is 0 Å². The summed E-state index contributed by atoms with van der Waals surface area (Å²) >= 11 is 1.47. The average molecular weight is 276 g/mol. The van der Waals surface area contributed by atoms with Gasteiger partial charge in [0.1, 0.15) is 0 Å². The van der Waals surface area contributed by atoms with Crippen molar-refractivity contribution in [2.75, 3.05) is 11.1 Å². The third-order valence-electron chi connectivity index (χ3n) is 2.46. The van der Waals surface area contributed by atoms with Gasteiger partial charge in [0, 0.05) is 10.6 Å². The second-order valence-corrected chi connectivity index (χ2v) is 4.95. The Labute approximate surface area is 113 Å². The molecule has 1 amide bonds. The van der Waals surface area contributed by atoms with Crippen LogP contribution in [-0.2, 0) is 11.2 Å². The maximum atomic E-state index is 11.8. The molecular weight excluding hydrogens is 264 g/mol. The van der Waals surface area contributed by atoms with Crippen molar-refractivity contribution in [2.24, 2.45) is 0 Å². The van der Waals surface area contributed by atoms with Gasteiger partial charge in [-0.2, -0.15) is 0 Å². The molecule has 0 radical (unpaired) electrons. The van der Waals surface area contributed by atoms with E-state index in [-0.39, 0.29) is 23.6 Å².